The molecule has 1 aliphatic rings. The normalized spacial score (nSPS) is 13.0. The molecule has 0 N–H and O–H groups in total. The molecule has 0 aromatic heterocycles. The molecule has 0 unspecified atom stereocenters. The predicted octanol–water partition coefficient (Wildman–Crippen LogP) is 4.49. The van der Waals surface area contributed by atoms with Crippen LogP contribution in [0.15, 0.2) is 66.7 Å². The van der Waals surface area contributed by atoms with Gasteiger partial charge in [-0.15, -0.1) is 0 Å². The molecular weight excluding hydrogens is 388 g/mol. The third kappa shape index (κ3) is 4.89. The Morgan fingerprint density at radius 1 is 0.968 bits per heavy atom. The van der Waals surface area contributed by atoms with Crippen LogP contribution in [-0.4, -0.2) is 36.9 Å². The number of ether oxygens (including phenoxy) is 2. The minimum atomic E-state index is -0.00566. The number of amides is 1. The van der Waals surface area contributed by atoms with Gasteiger partial charge in [0.05, 0.1) is 7.11 Å². The standard InChI is InChI=1S/C26H28N2O3/c1-27(2)26(29)20-10-8-19(9-11-20)18-31-24-13-12-23(25(14-24)30-3)17-28-15-21-6-4-5-7-22(21)16-28/h4-14H,15-18H2,1-3H3. The van der Waals surface area contributed by atoms with Gasteiger partial charge >= 0.3 is 0 Å². The van der Waals surface area contributed by atoms with Crippen LogP contribution in [0.4, 0.5) is 0 Å². The van der Waals surface area contributed by atoms with Crippen LogP contribution < -0.4 is 9.47 Å². The van der Waals surface area contributed by atoms with E-state index in [-0.39, 0.29) is 5.91 Å². The molecule has 1 heterocycles. The Kier molecular flexibility index (Phi) is 6.23. The van der Waals surface area contributed by atoms with E-state index < -0.39 is 0 Å². The monoisotopic (exact) mass is 416 g/mol. The van der Waals surface area contributed by atoms with Crippen LogP contribution >= 0.6 is 0 Å². The molecule has 0 aliphatic carbocycles. The second kappa shape index (κ2) is 9.23. The van der Waals surface area contributed by atoms with Crippen molar-refractivity contribution in [1.29, 1.82) is 0 Å². The van der Waals surface area contributed by atoms with Gasteiger partial charge in [-0.2, -0.15) is 0 Å². The van der Waals surface area contributed by atoms with Gasteiger partial charge in [-0.3, -0.25) is 9.69 Å². The van der Waals surface area contributed by atoms with Crippen LogP contribution in [0.3, 0.4) is 0 Å². The molecular formula is C26H28N2O3. The van der Waals surface area contributed by atoms with Crippen molar-refractivity contribution >= 4 is 5.91 Å². The Bertz CT molecular complexity index is 1040. The summed E-state index contributed by atoms with van der Waals surface area (Å²) in [6.07, 6.45) is 0. The zero-order valence-corrected chi connectivity index (χ0v) is 18.3. The first-order chi connectivity index (χ1) is 15.0. The molecule has 0 saturated carbocycles. The van der Waals surface area contributed by atoms with Crippen LogP contribution in [-0.2, 0) is 26.2 Å². The summed E-state index contributed by atoms with van der Waals surface area (Å²) in [6.45, 7) is 3.19. The molecule has 4 rings (SSSR count). The van der Waals surface area contributed by atoms with Gasteiger partial charge in [-0.1, -0.05) is 42.5 Å². The molecule has 0 spiro atoms. The van der Waals surface area contributed by atoms with Gasteiger partial charge in [0.2, 0.25) is 0 Å². The van der Waals surface area contributed by atoms with Crippen LogP contribution in [0.25, 0.3) is 0 Å². The number of hydrogen-bond acceptors (Lipinski definition) is 4. The van der Waals surface area contributed by atoms with Crippen LogP contribution in [0.1, 0.15) is 32.6 Å². The average Bonchev–Trinajstić information content (AvgIpc) is 3.20. The first-order valence-corrected chi connectivity index (χ1v) is 10.4. The maximum Gasteiger partial charge on any atom is 0.253 e. The van der Waals surface area contributed by atoms with Crippen molar-refractivity contribution in [2.45, 2.75) is 26.2 Å². The number of carbonyl (C=O) groups excluding carboxylic acids is 1. The number of carbonyl (C=O) groups is 1. The summed E-state index contributed by atoms with van der Waals surface area (Å²) in [5, 5.41) is 0. The third-order valence-corrected chi connectivity index (χ3v) is 5.57. The van der Waals surface area contributed by atoms with E-state index >= 15 is 0 Å². The largest absolute Gasteiger partial charge is 0.496 e. The lowest BCUT2D eigenvalue weighted by Gasteiger charge is -2.18. The van der Waals surface area contributed by atoms with E-state index in [1.54, 1.807) is 26.1 Å². The number of benzene rings is 3. The van der Waals surface area contributed by atoms with E-state index in [0.29, 0.717) is 12.2 Å². The summed E-state index contributed by atoms with van der Waals surface area (Å²) >= 11 is 0. The van der Waals surface area contributed by atoms with Crippen LogP contribution in [0, 0.1) is 0 Å². The SMILES string of the molecule is COc1cc(OCc2ccc(C(=O)N(C)C)cc2)ccc1CN1Cc2ccccc2C1. The molecule has 3 aromatic rings. The van der Waals surface area contributed by atoms with E-state index in [0.717, 1.165) is 42.3 Å². The Labute approximate surface area is 183 Å². The van der Waals surface area contributed by atoms with E-state index in [4.69, 9.17) is 9.47 Å². The maximum absolute atomic E-state index is 12.0. The van der Waals surface area contributed by atoms with Gasteiger partial charge in [0.1, 0.15) is 18.1 Å². The fourth-order valence-corrected chi connectivity index (χ4v) is 3.87. The summed E-state index contributed by atoms with van der Waals surface area (Å²) in [4.78, 5) is 16.0. The summed E-state index contributed by atoms with van der Waals surface area (Å²) in [7, 11) is 5.19. The second-order valence-electron chi connectivity index (χ2n) is 8.07. The average molecular weight is 417 g/mol. The van der Waals surface area contributed by atoms with Crippen molar-refractivity contribution < 1.29 is 14.3 Å². The minimum Gasteiger partial charge on any atom is -0.496 e. The smallest absolute Gasteiger partial charge is 0.253 e. The van der Waals surface area contributed by atoms with Crippen molar-refractivity contribution in [3.05, 3.63) is 94.5 Å². The Hall–Kier alpha value is -3.31. The first kappa shape index (κ1) is 20.9. The van der Waals surface area contributed by atoms with Gasteiger partial charge in [0, 0.05) is 50.9 Å². The Morgan fingerprint density at radius 3 is 2.26 bits per heavy atom. The number of fused-ring (bicyclic) bond motifs is 1. The van der Waals surface area contributed by atoms with E-state index in [2.05, 4.69) is 35.2 Å². The predicted molar refractivity (Wildman–Crippen MR) is 121 cm³/mol. The van der Waals surface area contributed by atoms with E-state index in [1.807, 2.05) is 36.4 Å². The fourth-order valence-electron chi connectivity index (χ4n) is 3.87. The molecule has 1 amide bonds. The van der Waals surface area contributed by atoms with Gasteiger partial charge in [0.25, 0.3) is 5.91 Å². The van der Waals surface area contributed by atoms with Gasteiger partial charge in [0.15, 0.2) is 0 Å². The fraction of sp³-hybridized carbons (Fsp3) is 0.269. The van der Waals surface area contributed by atoms with Crippen LogP contribution in [0.2, 0.25) is 0 Å². The van der Waals surface area contributed by atoms with E-state index in [9.17, 15) is 4.79 Å². The van der Waals surface area contributed by atoms with Gasteiger partial charge in [-0.25, -0.2) is 0 Å². The second-order valence-corrected chi connectivity index (χ2v) is 8.07. The van der Waals surface area contributed by atoms with Gasteiger partial charge in [-0.05, 0) is 34.9 Å². The molecule has 5 heteroatoms. The molecule has 0 saturated heterocycles. The zero-order chi connectivity index (χ0) is 21.8. The van der Waals surface area contributed by atoms with Crippen molar-refractivity contribution in [1.82, 2.24) is 9.80 Å². The molecule has 31 heavy (non-hydrogen) atoms. The Morgan fingerprint density at radius 2 is 1.65 bits per heavy atom. The van der Waals surface area contributed by atoms with E-state index in [1.165, 1.54) is 11.1 Å². The van der Waals surface area contributed by atoms with Gasteiger partial charge < -0.3 is 14.4 Å². The molecule has 0 radical (unpaired) electrons. The maximum atomic E-state index is 12.0. The first-order valence-electron chi connectivity index (χ1n) is 10.4. The Balaban J connectivity index is 1.38. The summed E-state index contributed by atoms with van der Waals surface area (Å²) < 4.78 is 11.6. The molecule has 0 bridgehead atoms. The van der Waals surface area contributed by atoms with Crippen molar-refractivity contribution in [3.63, 3.8) is 0 Å². The molecule has 3 aromatic carbocycles. The zero-order valence-electron chi connectivity index (χ0n) is 18.3. The summed E-state index contributed by atoms with van der Waals surface area (Å²) in [5.74, 6) is 1.59. The minimum absolute atomic E-state index is 0.00566. The lowest BCUT2D eigenvalue weighted by molar-refractivity contribution is 0.0827. The third-order valence-electron chi connectivity index (χ3n) is 5.57. The molecule has 1 aliphatic heterocycles. The van der Waals surface area contributed by atoms with Crippen molar-refractivity contribution in [2.24, 2.45) is 0 Å². The lowest BCUT2D eigenvalue weighted by Crippen LogP contribution is -2.21. The number of hydrogen-bond donors (Lipinski definition) is 0. The van der Waals surface area contributed by atoms with Crippen molar-refractivity contribution in [3.8, 4) is 11.5 Å². The highest BCUT2D eigenvalue weighted by atomic mass is 16.5. The molecule has 0 atom stereocenters. The highest BCUT2D eigenvalue weighted by Crippen LogP contribution is 2.30. The highest BCUT2D eigenvalue weighted by Gasteiger charge is 2.19. The highest BCUT2D eigenvalue weighted by molar-refractivity contribution is 5.93. The number of rotatable bonds is 7. The van der Waals surface area contributed by atoms with Crippen molar-refractivity contribution in [2.75, 3.05) is 21.2 Å². The molecule has 160 valence electrons. The van der Waals surface area contributed by atoms with Crippen LogP contribution in [0.5, 0.6) is 11.5 Å². The number of methoxy groups -OCH3 is 1. The topological polar surface area (TPSA) is 42.0 Å². The quantitative estimate of drug-likeness (QED) is 0.569. The summed E-state index contributed by atoms with van der Waals surface area (Å²) in [5.41, 5.74) is 5.63. The molecule has 5 nitrogen and oxygen atoms in total. The lowest BCUT2D eigenvalue weighted by atomic mass is 10.1. The number of nitrogens with zero attached hydrogens (tertiary/aromatic N) is 2. The molecule has 0 fully saturated rings. The summed E-state index contributed by atoms with van der Waals surface area (Å²) in [6, 6.07) is 22.1.